The zero-order chi connectivity index (χ0) is 16.8. The number of ether oxygens (including phenoxy) is 1. The maximum absolute atomic E-state index is 13.9. The number of hydrogen-bond acceptors (Lipinski definition) is 3. The van der Waals surface area contributed by atoms with Gasteiger partial charge in [-0.1, -0.05) is 6.07 Å². The van der Waals surface area contributed by atoms with E-state index < -0.39 is 0 Å². The summed E-state index contributed by atoms with van der Waals surface area (Å²) in [6, 6.07) is 10.4. The van der Waals surface area contributed by atoms with Gasteiger partial charge in [-0.15, -0.1) is 0 Å². The summed E-state index contributed by atoms with van der Waals surface area (Å²) >= 11 is 0. The fourth-order valence-electron chi connectivity index (χ4n) is 2.03. The van der Waals surface area contributed by atoms with Crippen LogP contribution in [0, 0.1) is 12.7 Å². The standard InChI is InChI=1S/C18H22FN3O/c1-5-22(3)12-20-17-9-14(19)10-18(13(17)2)21-15-7-6-8-16(11-15)23-4/h6-12,21H,5H2,1-4H3/b20-12+. The number of rotatable bonds is 6. The van der Waals surface area contributed by atoms with E-state index in [-0.39, 0.29) is 5.82 Å². The Bertz CT molecular complexity index is 701. The van der Waals surface area contributed by atoms with Crippen LogP contribution in [0.1, 0.15) is 12.5 Å². The van der Waals surface area contributed by atoms with Crippen LogP contribution >= 0.6 is 0 Å². The van der Waals surface area contributed by atoms with E-state index in [2.05, 4.69) is 10.3 Å². The predicted octanol–water partition coefficient (Wildman–Crippen LogP) is 4.50. The van der Waals surface area contributed by atoms with Crippen LogP contribution in [0.4, 0.5) is 21.5 Å². The Labute approximate surface area is 136 Å². The SMILES string of the molecule is CCN(C)/C=N/c1cc(F)cc(Nc2cccc(OC)c2)c1C. The highest BCUT2D eigenvalue weighted by atomic mass is 19.1. The van der Waals surface area contributed by atoms with Crippen LogP contribution in [0.15, 0.2) is 41.4 Å². The molecular weight excluding hydrogens is 293 g/mol. The number of benzene rings is 2. The fraction of sp³-hybridized carbons (Fsp3) is 0.278. The monoisotopic (exact) mass is 315 g/mol. The molecule has 0 bridgehead atoms. The Balaban J connectivity index is 2.31. The van der Waals surface area contributed by atoms with E-state index in [4.69, 9.17) is 4.74 Å². The zero-order valence-electron chi connectivity index (χ0n) is 13.9. The smallest absolute Gasteiger partial charge is 0.127 e. The molecule has 122 valence electrons. The summed E-state index contributed by atoms with van der Waals surface area (Å²) < 4.78 is 19.1. The third-order valence-corrected chi connectivity index (χ3v) is 3.59. The molecule has 0 aliphatic rings. The van der Waals surface area contributed by atoms with Crippen molar-refractivity contribution in [3.8, 4) is 5.75 Å². The number of anilines is 2. The topological polar surface area (TPSA) is 36.9 Å². The molecule has 5 heteroatoms. The summed E-state index contributed by atoms with van der Waals surface area (Å²) in [4.78, 5) is 6.30. The van der Waals surface area contributed by atoms with Crippen LogP contribution in [0.2, 0.25) is 0 Å². The Kier molecular flexibility index (Phi) is 5.57. The molecule has 0 atom stereocenters. The van der Waals surface area contributed by atoms with Gasteiger partial charge in [0.1, 0.15) is 11.6 Å². The maximum atomic E-state index is 13.9. The number of nitrogens with one attached hydrogen (secondary N) is 1. The minimum Gasteiger partial charge on any atom is -0.497 e. The first-order valence-corrected chi connectivity index (χ1v) is 7.49. The van der Waals surface area contributed by atoms with Crippen LogP contribution < -0.4 is 10.1 Å². The van der Waals surface area contributed by atoms with E-state index >= 15 is 0 Å². The first-order valence-electron chi connectivity index (χ1n) is 7.49. The molecule has 0 heterocycles. The van der Waals surface area contributed by atoms with Crippen molar-refractivity contribution in [3.63, 3.8) is 0 Å². The van der Waals surface area contributed by atoms with Gasteiger partial charge in [-0.3, -0.25) is 0 Å². The summed E-state index contributed by atoms with van der Waals surface area (Å²) in [5.41, 5.74) is 3.01. The van der Waals surface area contributed by atoms with E-state index in [9.17, 15) is 4.39 Å². The van der Waals surface area contributed by atoms with E-state index in [0.29, 0.717) is 11.4 Å². The fourth-order valence-corrected chi connectivity index (χ4v) is 2.03. The van der Waals surface area contributed by atoms with Gasteiger partial charge < -0.3 is 15.0 Å². The second kappa shape index (κ2) is 7.63. The quantitative estimate of drug-likeness (QED) is 0.630. The Morgan fingerprint density at radius 3 is 2.78 bits per heavy atom. The number of nitrogens with zero attached hydrogens (tertiary/aromatic N) is 2. The number of methoxy groups -OCH3 is 1. The molecule has 2 rings (SSSR count). The lowest BCUT2D eigenvalue weighted by Gasteiger charge is -2.14. The van der Waals surface area contributed by atoms with Gasteiger partial charge in [0.05, 0.1) is 19.1 Å². The van der Waals surface area contributed by atoms with Gasteiger partial charge in [0, 0.05) is 31.0 Å². The van der Waals surface area contributed by atoms with Crippen molar-refractivity contribution < 1.29 is 9.13 Å². The Morgan fingerprint density at radius 2 is 2.09 bits per heavy atom. The molecule has 1 N–H and O–H groups in total. The van der Waals surface area contributed by atoms with Crippen LogP contribution in [-0.2, 0) is 0 Å². The number of aliphatic imine (C=N–C) groups is 1. The molecule has 0 radical (unpaired) electrons. The minimum absolute atomic E-state index is 0.327. The van der Waals surface area contributed by atoms with Gasteiger partial charge >= 0.3 is 0 Å². The molecule has 2 aromatic rings. The highest BCUT2D eigenvalue weighted by molar-refractivity contribution is 5.72. The molecule has 0 spiro atoms. The van der Waals surface area contributed by atoms with Crippen molar-refractivity contribution in [1.82, 2.24) is 4.90 Å². The molecule has 0 fully saturated rings. The van der Waals surface area contributed by atoms with Crippen LogP contribution in [0.5, 0.6) is 5.75 Å². The van der Waals surface area contributed by atoms with Gasteiger partial charge in [0.25, 0.3) is 0 Å². The molecule has 0 aliphatic heterocycles. The van der Waals surface area contributed by atoms with Crippen molar-refractivity contribution >= 4 is 23.4 Å². The summed E-state index contributed by atoms with van der Waals surface area (Å²) in [6.45, 7) is 4.79. The summed E-state index contributed by atoms with van der Waals surface area (Å²) in [6.07, 6.45) is 1.71. The van der Waals surface area contributed by atoms with Gasteiger partial charge in [-0.05, 0) is 43.7 Å². The van der Waals surface area contributed by atoms with Gasteiger partial charge in [0.15, 0.2) is 0 Å². The van der Waals surface area contributed by atoms with E-state index in [1.165, 1.54) is 12.1 Å². The zero-order valence-corrected chi connectivity index (χ0v) is 13.9. The van der Waals surface area contributed by atoms with Gasteiger partial charge in [-0.2, -0.15) is 0 Å². The maximum Gasteiger partial charge on any atom is 0.127 e. The molecule has 23 heavy (non-hydrogen) atoms. The van der Waals surface area contributed by atoms with Crippen molar-refractivity contribution in [2.45, 2.75) is 13.8 Å². The number of hydrogen-bond donors (Lipinski definition) is 1. The molecule has 0 saturated heterocycles. The molecular formula is C18H22FN3O. The lowest BCUT2D eigenvalue weighted by molar-refractivity contribution is 0.415. The third-order valence-electron chi connectivity index (χ3n) is 3.59. The van der Waals surface area contributed by atoms with Gasteiger partial charge in [-0.25, -0.2) is 9.38 Å². The molecule has 0 saturated carbocycles. The lowest BCUT2D eigenvalue weighted by atomic mass is 10.1. The second-order valence-corrected chi connectivity index (χ2v) is 5.27. The predicted molar refractivity (Wildman–Crippen MR) is 93.9 cm³/mol. The summed E-state index contributed by atoms with van der Waals surface area (Å²) in [7, 11) is 3.54. The van der Waals surface area contributed by atoms with Crippen LogP contribution in [0.25, 0.3) is 0 Å². The van der Waals surface area contributed by atoms with Crippen LogP contribution in [-0.4, -0.2) is 31.9 Å². The summed E-state index contributed by atoms with van der Waals surface area (Å²) in [5.74, 6) is 0.416. The second-order valence-electron chi connectivity index (χ2n) is 5.27. The molecule has 0 unspecified atom stereocenters. The largest absolute Gasteiger partial charge is 0.497 e. The Hall–Kier alpha value is -2.56. The molecule has 0 amide bonds. The normalized spacial score (nSPS) is 10.8. The Morgan fingerprint density at radius 1 is 1.30 bits per heavy atom. The summed E-state index contributed by atoms with van der Waals surface area (Å²) in [5, 5.41) is 3.22. The first kappa shape index (κ1) is 16.8. The van der Waals surface area contributed by atoms with Crippen molar-refractivity contribution in [1.29, 1.82) is 0 Å². The van der Waals surface area contributed by atoms with Crippen molar-refractivity contribution in [3.05, 3.63) is 47.8 Å². The molecule has 4 nitrogen and oxygen atoms in total. The minimum atomic E-state index is -0.327. The van der Waals surface area contributed by atoms with E-state index in [1.807, 2.05) is 50.1 Å². The molecule has 0 aromatic heterocycles. The lowest BCUT2D eigenvalue weighted by Crippen LogP contribution is -2.14. The average Bonchev–Trinajstić information content (AvgIpc) is 2.56. The van der Waals surface area contributed by atoms with E-state index in [1.54, 1.807) is 13.4 Å². The molecule has 2 aromatic carbocycles. The van der Waals surface area contributed by atoms with E-state index in [0.717, 1.165) is 23.5 Å². The van der Waals surface area contributed by atoms with Crippen molar-refractivity contribution in [2.24, 2.45) is 4.99 Å². The third kappa shape index (κ3) is 4.45. The van der Waals surface area contributed by atoms with Gasteiger partial charge in [0.2, 0.25) is 0 Å². The van der Waals surface area contributed by atoms with Crippen molar-refractivity contribution in [2.75, 3.05) is 26.0 Å². The molecule has 0 aliphatic carbocycles. The number of halogens is 1. The highest BCUT2D eigenvalue weighted by Crippen LogP contribution is 2.30. The average molecular weight is 315 g/mol. The van der Waals surface area contributed by atoms with Crippen LogP contribution in [0.3, 0.4) is 0 Å². The first-order chi connectivity index (χ1) is 11.0. The highest BCUT2D eigenvalue weighted by Gasteiger charge is 2.08.